The van der Waals surface area contributed by atoms with Crippen LogP contribution < -0.4 is 20.7 Å². The van der Waals surface area contributed by atoms with E-state index < -0.39 is 0 Å². The van der Waals surface area contributed by atoms with Gasteiger partial charge in [-0.1, -0.05) is 0 Å². The highest BCUT2D eigenvalue weighted by Crippen LogP contribution is 2.38. The van der Waals surface area contributed by atoms with E-state index in [1.165, 1.54) is 0 Å². The number of aromatic nitrogens is 2. The van der Waals surface area contributed by atoms with Gasteiger partial charge in [-0.25, -0.2) is 4.98 Å². The lowest BCUT2D eigenvalue weighted by Gasteiger charge is -2.28. The van der Waals surface area contributed by atoms with Crippen molar-refractivity contribution in [3.8, 4) is 5.75 Å². The third-order valence-corrected chi connectivity index (χ3v) is 5.59. The molecule has 144 valence electrons. The van der Waals surface area contributed by atoms with Gasteiger partial charge in [-0.15, -0.1) is 0 Å². The van der Waals surface area contributed by atoms with E-state index in [4.69, 9.17) is 20.2 Å². The van der Waals surface area contributed by atoms with E-state index in [-0.39, 0.29) is 11.9 Å². The number of carbonyl (C=O) groups excluding carboxylic acids is 1. The second-order valence-electron chi connectivity index (χ2n) is 7.57. The van der Waals surface area contributed by atoms with Gasteiger partial charge in [-0.3, -0.25) is 4.79 Å². The Bertz CT molecular complexity index is 870. The number of nitrogens with one attached hydrogen (secondary N) is 1. The van der Waals surface area contributed by atoms with Crippen LogP contribution in [0.2, 0.25) is 0 Å². The van der Waals surface area contributed by atoms with E-state index in [9.17, 15) is 4.79 Å². The van der Waals surface area contributed by atoms with Gasteiger partial charge in [0.15, 0.2) is 0 Å². The fraction of sp³-hybridized carbons (Fsp3) is 0.579. The second kappa shape index (κ2) is 6.60. The van der Waals surface area contributed by atoms with Gasteiger partial charge in [0, 0.05) is 31.4 Å². The van der Waals surface area contributed by atoms with E-state index in [2.05, 4.69) is 14.8 Å². The van der Waals surface area contributed by atoms with Crippen LogP contribution in [0.1, 0.15) is 19.3 Å². The van der Waals surface area contributed by atoms with Crippen LogP contribution in [0.4, 0.5) is 11.6 Å². The van der Waals surface area contributed by atoms with Crippen molar-refractivity contribution in [2.75, 3.05) is 43.1 Å². The Balaban J connectivity index is 1.55. The van der Waals surface area contributed by atoms with Gasteiger partial charge in [-0.2, -0.15) is 0 Å². The average Bonchev–Trinajstić information content (AvgIpc) is 3.47. The molecule has 5 rings (SSSR count). The maximum absolute atomic E-state index is 11.8. The van der Waals surface area contributed by atoms with Gasteiger partial charge in [0.05, 0.1) is 25.3 Å². The minimum atomic E-state index is -0.332. The number of anilines is 2. The summed E-state index contributed by atoms with van der Waals surface area (Å²) in [5, 5.41) is 3.32. The number of morpholine rings is 1. The first-order chi connectivity index (χ1) is 13.2. The number of nitrogens with two attached hydrogens (primary N) is 1. The molecule has 1 atom stereocenters. The number of amides is 1. The summed E-state index contributed by atoms with van der Waals surface area (Å²) in [5.41, 5.74) is 8.36. The smallest absolute Gasteiger partial charge is 0.240 e. The number of carbonyl (C=O) groups is 1. The van der Waals surface area contributed by atoms with E-state index in [0.717, 1.165) is 80.5 Å². The average molecular weight is 371 g/mol. The standard InChI is InChI=1S/C19H25N5O3/c20-18(25)16(12-2-3-12)21-13-10-14-17-15(11-13)27-7-1-4-24(17)19(22-14)23-5-8-26-9-6-23/h10-12,16,21H,1-9H2,(H2,20,25)/t16-/m0/s1. The molecule has 3 N–H and O–H groups in total. The Kier molecular flexibility index (Phi) is 4.07. The van der Waals surface area contributed by atoms with Crippen molar-refractivity contribution in [2.24, 2.45) is 11.7 Å². The van der Waals surface area contributed by atoms with Crippen LogP contribution >= 0.6 is 0 Å². The summed E-state index contributed by atoms with van der Waals surface area (Å²) in [4.78, 5) is 19.0. The van der Waals surface area contributed by atoms with Gasteiger partial charge in [-0.05, 0) is 31.2 Å². The summed E-state index contributed by atoms with van der Waals surface area (Å²) in [6.07, 6.45) is 3.02. The van der Waals surface area contributed by atoms with Crippen LogP contribution in [0.25, 0.3) is 11.0 Å². The van der Waals surface area contributed by atoms with Crippen LogP contribution in [0.15, 0.2) is 12.1 Å². The molecule has 0 spiro atoms. The van der Waals surface area contributed by atoms with Crippen molar-refractivity contribution in [1.82, 2.24) is 9.55 Å². The van der Waals surface area contributed by atoms with Crippen LogP contribution in [0, 0.1) is 5.92 Å². The van der Waals surface area contributed by atoms with Crippen LogP contribution in [0.3, 0.4) is 0 Å². The maximum Gasteiger partial charge on any atom is 0.240 e. The summed E-state index contributed by atoms with van der Waals surface area (Å²) >= 11 is 0. The van der Waals surface area contributed by atoms with Crippen molar-refractivity contribution in [3.05, 3.63) is 12.1 Å². The van der Waals surface area contributed by atoms with Gasteiger partial charge in [0.2, 0.25) is 11.9 Å². The Morgan fingerprint density at radius 3 is 2.78 bits per heavy atom. The number of aryl methyl sites for hydroxylation is 1. The Morgan fingerprint density at radius 2 is 2.04 bits per heavy atom. The molecular weight excluding hydrogens is 346 g/mol. The molecule has 2 fully saturated rings. The molecule has 8 nitrogen and oxygen atoms in total. The summed E-state index contributed by atoms with van der Waals surface area (Å²) < 4.78 is 13.8. The molecule has 1 saturated carbocycles. The summed E-state index contributed by atoms with van der Waals surface area (Å²) in [6.45, 7) is 4.69. The minimum absolute atomic E-state index is 0.302. The lowest BCUT2D eigenvalue weighted by atomic mass is 10.1. The number of ether oxygens (including phenoxy) is 2. The molecule has 1 amide bonds. The topological polar surface area (TPSA) is 94.6 Å². The van der Waals surface area contributed by atoms with Gasteiger partial charge >= 0.3 is 0 Å². The molecule has 3 aliphatic rings. The van der Waals surface area contributed by atoms with Gasteiger partial charge < -0.3 is 30.0 Å². The van der Waals surface area contributed by atoms with E-state index in [0.29, 0.717) is 12.5 Å². The van der Waals surface area contributed by atoms with Crippen molar-refractivity contribution >= 4 is 28.6 Å². The third-order valence-electron chi connectivity index (χ3n) is 5.59. The number of rotatable bonds is 5. The molecule has 0 unspecified atom stereocenters. The number of imidazole rings is 1. The van der Waals surface area contributed by atoms with Crippen molar-refractivity contribution in [2.45, 2.75) is 31.8 Å². The first-order valence-corrected chi connectivity index (χ1v) is 9.76. The van der Waals surface area contributed by atoms with Crippen molar-refractivity contribution < 1.29 is 14.3 Å². The summed E-state index contributed by atoms with van der Waals surface area (Å²) in [5.74, 6) is 1.83. The molecule has 8 heteroatoms. The lowest BCUT2D eigenvalue weighted by Crippen LogP contribution is -2.38. The predicted octanol–water partition coefficient (Wildman–Crippen LogP) is 1.33. The van der Waals surface area contributed by atoms with E-state index >= 15 is 0 Å². The molecule has 3 heterocycles. The molecule has 0 radical (unpaired) electrons. The monoisotopic (exact) mass is 371 g/mol. The highest BCUT2D eigenvalue weighted by molar-refractivity contribution is 5.90. The Morgan fingerprint density at radius 1 is 1.22 bits per heavy atom. The molecule has 0 bridgehead atoms. The highest BCUT2D eigenvalue weighted by atomic mass is 16.5. The number of benzene rings is 1. The predicted molar refractivity (Wildman–Crippen MR) is 102 cm³/mol. The van der Waals surface area contributed by atoms with Crippen molar-refractivity contribution in [3.63, 3.8) is 0 Å². The molecule has 1 aromatic heterocycles. The summed E-state index contributed by atoms with van der Waals surface area (Å²) in [7, 11) is 0. The van der Waals surface area contributed by atoms with E-state index in [1.807, 2.05) is 12.1 Å². The lowest BCUT2D eigenvalue weighted by molar-refractivity contribution is -0.119. The molecule has 1 aromatic carbocycles. The third kappa shape index (κ3) is 3.07. The van der Waals surface area contributed by atoms with Gasteiger partial charge in [0.1, 0.15) is 17.3 Å². The van der Waals surface area contributed by atoms with Gasteiger partial charge in [0.25, 0.3) is 0 Å². The molecule has 2 aliphatic heterocycles. The van der Waals surface area contributed by atoms with Crippen LogP contribution in [0.5, 0.6) is 5.75 Å². The first kappa shape index (κ1) is 16.7. The minimum Gasteiger partial charge on any atom is -0.491 e. The highest BCUT2D eigenvalue weighted by Gasteiger charge is 2.35. The first-order valence-electron chi connectivity index (χ1n) is 9.76. The summed E-state index contributed by atoms with van der Waals surface area (Å²) in [6, 6.07) is 3.65. The zero-order chi connectivity index (χ0) is 18.4. The molecule has 2 aromatic rings. The fourth-order valence-corrected chi connectivity index (χ4v) is 4.06. The number of primary amides is 1. The fourth-order valence-electron chi connectivity index (χ4n) is 4.06. The Hall–Kier alpha value is -2.48. The van der Waals surface area contributed by atoms with E-state index in [1.54, 1.807) is 0 Å². The van der Waals surface area contributed by atoms with Crippen LogP contribution in [-0.2, 0) is 16.1 Å². The SMILES string of the molecule is NC(=O)[C@@H](Nc1cc2c3c(c1)nc(N1CCOCC1)n3CCCO2)C1CC1. The molecular formula is C19H25N5O3. The number of hydrogen-bond donors (Lipinski definition) is 2. The molecule has 1 saturated heterocycles. The second-order valence-corrected chi connectivity index (χ2v) is 7.57. The number of nitrogens with zero attached hydrogens (tertiary/aromatic N) is 3. The normalized spacial score (nSPS) is 20.8. The van der Waals surface area contributed by atoms with Crippen molar-refractivity contribution in [1.29, 1.82) is 0 Å². The largest absolute Gasteiger partial charge is 0.491 e. The zero-order valence-corrected chi connectivity index (χ0v) is 15.3. The zero-order valence-electron chi connectivity index (χ0n) is 15.3. The molecule has 1 aliphatic carbocycles. The molecule has 27 heavy (non-hydrogen) atoms. The number of hydrogen-bond acceptors (Lipinski definition) is 6. The van der Waals surface area contributed by atoms with Crippen LogP contribution in [-0.4, -0.2) is 54.4 Å². The Labute approximate surface area is 157 Å². The quantitative estimate of drug-likeness (QED) is 0.823. The maximum atomic E-state index is 11.8.